The molecule has 0 saturated heterocycles. The van der Waals surface area contributed by atoms with Gasteiger partial charge in [-0.05, 0) is 71.0 Å². The first-order chi connectivity index (χ1) is 18.4. The highest BCUT2D eigenvalue weighted by molar-refractivity contribution is 8.33. The standard InChI is InChI=1S/C24H19F9O5S2/c1-36-16-8-12-19(13-9-16)39(18-6-4-3-5-7-18,20-14-10-17(37-2)11-15-20)38-40(34,35)24(32,33)22(27,28)21(25,26)23(29,30)31/h3-15H,1-2H3. The zero-order chi connectivity index (χ0) is 30.2. The van der Waals surface area contributed by atoms with Gasteiger partial charge < -0.3 is 9.47 Å². The van der Waals surface area contributed by atoms with Crippen molar-refractivity contribution in [1.29, 1.82) is 0 Å². The summed E-state index contributed by atoms with van der Waals surface area (Å²) in [6.45, 7) is 0. The predicted molar refractivity (Wildman–Crippen MR) is 126 cm³/mol. The van der Waals surface area contributed by atoms with Gasteiger partial charge in [-0.3, -0.25) is 0 Å². The first-order valence-corrected chi connectivity index (χ1v) is 13.7. The summed E-state index contributed by atoms with van der Waals surface area (Å²) in [7, 11) is -8.86. The molecule has 0 aliphatic heterocycles. The van der Waals surface area contributed by atoms with Crippen molar-refractivity contribution in [2.45, 2.75) is 38.0 Å². The third-order valence-electron chi connectivity index (χ3n) is 5.48. The second-order valence-corrected chi connectivity index (χ2v) is 12.4. The van der Waals surface area contributed by atoms with Gasteiger partial charge in [0.1, 0.15) is 11.5 Å². The van der Waals surface area contributed by atoms with Crippen molar-refractivity contribution in [2.24, 2.45) is 0 Å². The molecule has 3 rings (SSSR count). The number of rotatable bonds is 10. The highest BCUT2D eigenvalue weighted by atomic mass is 32.3. The van der Waals surface area contributed by atoms with Crippen LogP contribution < -0.4 is 9.47 Å². The number of alkyl halides is 9. The summed E-state index contributed by atoms with van der Waals surface area (Å²) in [5.74, 6) is -14.6. The molecule has 0 radical (unpaired) electrons. The number of hydrogen-bond donors (Lipinski definition) is 0. The normalized spacial score (nSPS) is 14.1. The third-order valence-corrected chi connectivity index (χ3v) is 10.7. The first-order valence-electron chi connectivity index (χ1n) is 10.7. The molecular formula is C24H19F9O5S2. The van der Waals surface area contributed by atoms with Gasteiger partial charge in [0.05, 0.1) is 14.2 Å². The number of benzene rings is 3. The second-order valence-electron chi connectivity index (χ2n) is 7.91. The fourth-order valence-electron chi connectivity index (χ4n) is 3.37. The molecule has 5 nitrogen and oxygen atoms in total. The van der Waals surface area contributed by atoms with Gasteiger partial charge in [0.15, 0.2) is 0 Å². The SMILES string of the molecule is COc1ccc(S(OS(=O)(=O)C(F)(F)C(F)(F)C(F)(F)C(F)(F)F)(c2ccccc2)c2ccc(OC)cc2)cc1. The van der Waals surface area contributed by atoms with Gasteiger partial charge in [0, 0.05) is 14.7 Å². The monoisotopic (exact) mass is 622 g/mol. The minimum atomic E-state index is -7.47. The van der Waals surface area contributed by atoms with E-state index in [0.29, 0.717) is 0 Å². The van der Waals surface area contributed by atoms with Crippen LogP contribution in [0.2, 0.25) is 0 Å². The maximum Gasteiger partial charge on any atom is 0.460 e. The van der Waals surface area contributed by atoms with Crippen LogP contribution in [0.5, 0.6) is 11.5 Å². The molecule has 0 saturated carbocycles. The third kappa shape index (κ3) is 5.07. The maximum absolute atomic E-state index is 14.9. The quantitative estimate of drug-likeness (QED) is 0.217. The highest BCUT2D eigenvalue weighted by Gasteiger charge is 2.86. The Morgan fingerprint density at radius 2 is 0.925 bits per heavy atom. The molecule has 0 spiro atoms. The van der Waals surface area contributed by atoms with Crippen molar-refractivity contribution in [3.05, 3.63) is 78.9 Å². The fraction of sp³-hybridized carbons (Fsp3) is 0.250. The average molecular weight is 623 g/mol. The number of hydrogen-bond acceptors (Lipinski definition) is 5. The van der Waals surface area contributed by atoms with Crippen molar-refractivity contribution in [1.82, 2.24) is 0 Å². The van der Waals surface area contributed by atoms with Crippen LogP contribution in [0.15, 0.2) is 93.5 Å². The Kier molecular flexibility index (Phi) is 8.41. The van der Waals surface area contributed by atoms with E-state index in [9.17, 15) is 47.9 Å². The Morgan fingerprint density at radius 3 is 1.27 bits per heavy atom. The molecular weight excluding hydrogens is 603 g/mol. The zero-order valence-electron chi connectivity index (χ0n) is 20.3. The van der Waals surface area contributed by atoms with Crippen LogP contribution in [0, 0.1) is 0 Å². The highest BCUT2D eigenvalue weighted by Crippen LogP contribution is 2.71. The lowest BCUT2D eigenvalue weighted by atomic mass is 10.1. The molecule has 40 heavy (non-hydrogen) atoms. The van der Waals surface area contributed by atoms with E-state index in [2.05, 4.69) is 0 Å². The van der Waals surface area contributed by atoms with Gasteiger partial charge in [-0.25, -0.2) is 3.63 Å². The van der Waals surface area contributed by atoms with Crippen LogP contribution in [0.25, 0.3) is 0 Å². The van der Waals surface area contributed by atoms with E-state index >= 15 is 0 Å². The minimum Gasteiger partial charge on any atom is -0.497 e. The van der Waals surface area contributed by atoms with Gasteiger partial charge >= 0.3 is 33.4 Å². The number of methoxy groups -OCH3 is 2. The molecule has 0 atom stereocenters. The van der Waals surface area contributed by atoms with E-state index in [-0.39, 0.29) is 26.2 Å². The number of halogens is 9. The van der Waals surface area contributed by atoms with Crippen LogP contribution >= 0.6 is 10.3 Å². The molecule has 3 aromatic rings. The lowest BCUT2D eigenvalue weighted by molar-refractivity contribution is -0.382. The Bertz CT molecular complexity index is 1360. The van der Waals surface area contributed by atoms with E-state index in [0.717, 1.165) is 24.3 Å². The molecule has 0 amide bonds. The zero-order valence-corrected chi connectivity index (χ0v) is 21.9. The van der Waals surface area contributed by atoms with Crippen LogP contribution in [-0.2, 0) is 13.7 Å². The first kappa shape index (κ1) is 31.4. The van der Waals surface area contributed by atoms with Crippen LogP contribution in [-0.4, -0.2) is 45.9 Å². The molecule has 0 N–H and O–H groups in total. The molecule has 0 heterocycles. The predicted octanol–water partition coefficient (Wildman–Crippen LogP) is 7.67. The topological polar surface area (TPSA) is 61.8 Å². The molecule has 0 bridgehead atoms. The number of ether oxygens (including phenoxy) is 2. The summed E-state index contributed by atoms with van der Waals surface area (Å²) in [4.78, 5) is -0.694. The maximum atomic E-state index is 14.9. The van der Waals surface area contributed by atoms with Gasteiger partial charge in [-0.15, -0.1) is 0 Å². The van der Waals surface area contributed by atoms with Gasteiger partial charge in [-0.2, -0.15) is 47.9 Å². The Labute approximate surface area is 224 Å². The van der Waals surface area contributed by atoms with Crippen molar-refractivity contribution in [3.8, 4) is 11.5 Å². The molecule has 0 fully saturated rings. The summed E-state index contributed by atoms with van der Waals surface area (Å²) in [5.41, 5.74) is 0. The second kappa shape index (κ2) is 10.7. The van der Waals surface area contributed by atoms with Gasteiger partial charge in [-0.1, -0.05) is 18.2 Å². The molecule has 0 unspecified atom stereocenters. The summed E-state index contributed by atoms with van der Waals surface area (Å²) in [6, 6.07) is 15.9. The van der Waals surface area contributed by atoms with Crippen molar-refractivity contribution in [3.63, 3.8) is 0 Å². The molecule has 16 heteroatoms. The van der Waals surface area contributed by atoms with Crippen molar-refractivity contribution in [2.75, 3.05) is 14.2 Å². The minimum absolute atomic E-state index is 0.185. The summed E-state index contributed by atoms with van der Waals surface area (Å²) >= 11 is 0. The fourth-order valence-corrected chi connectivity index (χ4v) is 8.57. The molecule has 3 aromatic carbocycles. The van der Waals surface area contributed by atoms with E-state index in [1.165, 1.54) is 68.8 Å². The molecule has 0 aliphatic rings. The van der Waals surface area contributed by atoms with E-state index in [1.807, 2.05) is 0 Å². The Hall–Kier alpha value is -3.11. The van der Waals surface area contributed by atoms with E-state index < -0.39 is 43.7 Å². The van der Waals surface area contributed by atoms with Crippen molar-refractivity contribution >= 4 is 20.4 Å². The average Bonchev–Trinajstić information content (AvgIpc) is 2.91. The van der Waals surface area contributed by atoms with Crippen LogP contribution in [0.1, 0.15) is 0 Å². The summed E-state index contributed by atoms with van der Waals surface area (Å²) < 4.78 is 164. The van der Waals surface area contributed by atoms with Crippen LogP contribution in [0.4, 0.5) is 39.5 Å². The lowest BCUT2D eigenvalue weighted by Gasteiger charge is -2.41. The summed E-state index contributed by atoms with van der Waals surface area (Å²) in [6.07, 6.45) is -7.23. The largest absolute Gasteiger partial charge is 0.497 e. The molecule has 220 valence electrons. The molecule has 0 aromatic heterocycles. The van der Waals surface area contributed by atoms with Gasteiger partial charge in [0.2, 0.25) is 0 Å². The summed E-state index contributed by atoms with van der Waals surface area (Å²) in [5, 5.41) is -7.06. The van der Waals surface area contributed by atoms with Crippen molar-refractivity contribution < 1.29 is 61.0 Å². The van der Waals surface area contributed by atoms with Gasteiger partial charge in [0.25, 0.3) is 0 Å². The Morgan fingerprint density at radius 1 is 0.550 bits per heavy atom. The van der Waals surface area contributed by atoms with Crippen LogP contribution in [0.3, 0.4) is 0 Å². The lowest BCUT2D eigenvalue weighted by Crippen LogP contribution is -2.63. The molecule has 0 aliphatic carbocycles. The van der Waals surface area contributed by atoms with E-state index in [1.54, 1.807) is 0 Å². The Balaban J connectivity index is 2.37. The van der Waals surface area contributed by atoms with E-state index in [4.69, 9.17) is 13.1 Å². The smallest absolute Gasteiger partial charge is 0.460 e.